The Kier molecular flexibility index (Phi) is 6.21. The molecule has 0 saturated heterocycles. The highest BCUT2D eigenvalue weighted by molar-refractivity contribution is 14.1. The Labute approximate surface area is 129 Å². The third-order valence-corrected chi connectivity index (χ3v) is 3.81. The molecule has 0 aliphatic heterocycles. The summed E-state index contributed by atoms with van der Waals surface area (Å²) in [5.74, 6) is 0. The predicted molar refractivity (Wildman–Crippen MR) is 91.6 cm³/mol. The molecule has 0 aromatic heterocycles. The molecule has 1 N–H and O–H groups in total. The van der Waals surface area contributed by atoms with Crippen LogP contribution in [0.15, 0.2) is 54.6 Å². The maximum Gasteiger partial charge on any atom is 0.0350 e. The molecule has 0 amide bonds. The molecule has 0 radical (unpaired) electrons. The predicted octanol–water partition coefficient (Wildman–Crippen LogP) is 5.12. The maximum absolute atomic E-state index is 3.48. The zero-order valence-corrected chi connectivity index (χ0v) is 13.3. The lowest BCUT2D eigenvalue weighted by atomic mass is 10.1. The van der Waals surface area contributed by atoms with Crippen molar-refractivity contribution in [2.75, 3.05) is 11.9 Å². The maximum atomic E-state index is 3.48. The molecule has 2 aromatic carbocycles. The molecular formula is C17H20IN. The average Bonchev–Trinajstić information content (AvgIpc) is 2.44. The van der Waals surface area contributed by atoms with Crippen LogP contribution in [-0.2, 0) is 6.42 Å². The van der Waals surface area contributed by atoms with Crippen LogP contribution in [0.1, 0.15) is 24.8 Å². The molecule has 0 heterocycles. The van der Waals surface area contributed by atoms with Crippen molar-refractivity contribution in [1.29, 1.82) is 0 Å². The SMILES string of the molecule is Ic1cccc(NCCCCCc2ccccc2)c1. The van der Waals surface area contributed by atoms with Crippen molar-refractivity contribution in [2.45, 2.75) is 25.7 Å². The topological polar surface area (TPSA) is 12.0 Å². The Morgan fingerprint density at radius 2 is 1.68 bits per heavy atom. The standard InChI is InChI=1S/C17H20IN/c18-16-11-7-12-17(14-16)19-13-6-2-5-10-15-8-3-1-4-9-15/h1,3-4,7-9,11-12,14,19H,2,5-6,10,13H2. The van der Waals surface area contributed by atoms with Crippen LogP contribution in [0.25, 0.3) is 0 Å². The van der Waals surface area contributed by atoms with E-state index in [4.69, 9.17) is 0 Å². The highest BCUT2D eigenvalue weighted by atomic mass is 127. The van der Waals surface area contributed by atoms with Crippen LogP contribution in [0.5, 0.6) is 0 Å². The minimum absolute atomic E-state index is 1.06. The van der Waals surface area contributed by atoms with Gasteiger partial charge in [0.1, 0.15) is 0 Å². The highest BCUT2D eigenvalue weighted by Crippen LogP contribution is 2.12. The molecule has 100 valence electrons. The summed E-state index contributed by atoms with van der Waals surface area (Å²) in [6.07, 6.45) is 4.99. The first-order valence-electron chi connectivity index (χ1n) is 6.88. The fourth-order valence-corrected chi connectivity index (χ4v) is 2.65. The molecule has 0 saturated carbocycles. The second kappa shape index (κ2) is 8.20. The first-order chi connectivity index (χ1) is 9.34. The minimum Gasteiger partial charge on any atom is -0.385 e. The second-order valence-corrected chi connectivity index (χ2v) is 5.98. The normalized spacial score (nSPS) is 10.4. The Balaban J connectivity index is 1.58. The number of hydrogen-bond acceptors (Lipinski definition) is 1. The van der Waals surface area contributed by atoms with Gasteiger partial charge in [0.2, 0.25) is 0 Å². The van der Waals surface area contributed by atoms with Crippen molar-refractivity contribution < 1.29 is 0 Å². The van der Waals surface area contributed by atoms with Crippen molar-refractivity contribution in [3.63, 3.8) is 0 Å². The van der Waals surface area contributed by atoms with Gasteiger partial charge in [-0.15, -0.1) is 0 Å². The van der Waals surface area contributed by atoms with Crippen molar-refractivity contribution in [3.8, 4) is 0 Å². The van der Waals surface area contributed by atoms with Gasteiger partial charge in [0.25, 0.3) is 0 Å². The lowest BCUT2D eigenvalue weighted by Crippen LogP contribution is -2.01. The van der Waals surface area contributed by atoms with E-state index in [2.05, 4.69) is 82.5 Å². The lowest BCUT2D eigenvalue weighted by molar-refractivity contribution is 0.698. The van der Waals surface area contributed by atoms with Gasteiger partial charge in [-0.05, 0) is 65.6 Å². The van der Waals surface area contributed by atoms with Crippen LogP contribution in [0, 0.1) is 3.57 Å². The Hall–Kier alpha value is -1.03. The molecular weight excluding hydrogens is 345 g/mol. The molecule has 0 unspecified atom stereocenters. The third kappa shape index (κ3) is 5.64. The summed E-state index contributed by atoms with van der Waals surface area (Å²) in [6, 6.07) is 19.3. The number of rotatable bonds is 7. The molecule has 0 atom stereocenters. The molecule has 0 aliphatic rings. The van der Waals surface area contributed by atoms with Crippen LogP contribution in [-0.4, -0.2) is 6.54 Å². The summed E-state index contributed by atoms with van der Waals surface area (Å²) in [5, 5.41) is 3.48. The number of benzene rings is 2. The first-order valence-corrected chi connectivity index (χ1v) is 7.96. The van der Waals surface area contributed by atoms with Crippen molar-refractivity contribution in [3.05, 3.63) is 63.7 Å². The van der Waals surface area contributed by atoms with Gasteiger partial charge in [0, 0.05) is 15.8 Å². The van der Waals surface area contributed by atoms with E-state index in [0.717, 1.165) is 6.54 Å². The Morgan fingerprint density at radius 3 is 2.47 bits per heavy atom. The van der Waals surface area contributed by atoms with E-state index >= 15 is 0 Å². The van der Waals surface area contributed by atoms with Crippen molar-refractivity contribution in [1.82, 2.24) is 0 Å². The fourth-order valence-electron chi connectivity index (χ4n) is 2.11. The molecule has 0 bridgehead atoms. The summed E-state index contributed by atoms with van der Waals surface area (Å²) in [7, 11) is 0. The monoisotopic (exact) mass is 365 g/mol. The molecule has 0 fully saturated rings. The third-order valence-electron chi connectivity index (χ3n) is 3.14. The molecule has 0 aliphatic carbocycles. The van der Waals surface area contributed by atoms with Crippen molar-refractivity contribution >= 4 is 28.3 Å². The van der Waals surface area contributed by atoms with Crippen molar-refractivity contribution in [2.24, 2.45) is 0 Å². The number of hydrogen-bond donors (Lipinski definition) is 1. The van der Waals surface area contributed by atoms with E-state index in [9.17, 15) is 0 Å². The van der Waals surface area contributed by atoms with Gasteiger partial charge in [-0.25, -0.2) is 0 Å². The molecule has 0 spiro atoms. The fraction of sp³-hybridized carbons (Fsp3) is 0.294. The largest absolute Gasteiger partial charge is 0.385 e. The zero-order valence-electron chi connectivity index (χ0n) is 11.1. The Bertz CT molecular complexity index is 482. The first kappa shape index (κ1) is 14.4. The number of unbranched alkanes of at least 4 members (excludes halogenated alkanes) is 2. The van der Waals surface area contributed by atoms with E-state index in [1.807, 2.05) is 0 Å². The van der Waals surface area contributed by atoms with Gasteiger partial charge in [-0.2, -0.15) is 0 Å². The van der Waals surface area contributed by atoms with Gasteiger partial charge in [0.15, 0.2) is 0 Å². The second-order valence-electron chi connectivity index (χ2n) is 4.73. The summed E-state index contributed by atoms with van der Waals surface area (Å²) < 4.78 is 1.28. The van der Waals surface area contributed by atoms with Gasteiger partial charge in [0.05, 0.1) is 0 Å². The number of aryl methyl sites for hydroxylation is 1. The number of anilines is 1. The summed E-state index contributed by atoms with van der Waals surface area (Å²) in [4.78, 5) is 0. The highest BCUT2D eigenvalue weighted by Gasteiger charge is 1.94. The van der Waals surface area contributed by atoms with E-state index in [1.165, 1.54) is 40.5 Å². The number of halogens is 1. The van der Waals surface area contributed by atoms with Gasteiger partial charge >= 0.3 is 0 Å². The van der Waals surface area contributed by atoms with E-state index in [-0.39, 0.29) is 0 Å². The van der Waals surface area contributed by atoms with Crippen LogP contribution in [0.2, 0.25) is 0 Å². The summed E-state index contributed by atoms with van der Waals surface area (Å²) in [5.41, 5.74) is 2.68. The quantitative estimate of drug-likeness (QED) is 0.531. The number of nitrogens with one attached hydrogen (secondary N) is 1. The van der Waals surface area contributed by atoms with Crippen LogP contribution in [0.3, 0.4) is 0 Å². The molecule has 19 heavy (non-hydrogen) atoms. The molecule has 1 nitrogen and oxygen atoms in total. The zero-order chi connectivity index (χ0) is 13.3. The average molecular weight is 365 g/mol. The van der Waals surface area contributed by atoms with E-state index in [1.54, 1.807) is 0 Å². The van der Waals surface area contributed by atoms with E-state index in [0.29, 0.717) is 0 Å². The van der Waals surface area contributed by atoms with E-state index < -0.39 is 0 Å². The van der Waals surface area contributed by atoms with Crippen LogP contribution in [0.4, 0.5) is 5.69 Å². The smallest absolute Gasteiger partial charge is 0.0350 e. The molecule has 2 rings (SSSR count). The van der Waals surface area contributed by atoms with Crippen LogP contribution < -0.4 is 5.32 Å². The van der Waals surface area contributed by atoms with Crippen LogP contribution >= 0.6 is 22.6 Å². The summed E-state index contributed by atoms with van der Waals surface area (Å²) >= 11 is 2.35. The van der Waals surface area contributed by atoms with Gasteiger partial charge < -0.3 is 5.32 Å². The lowest BCUT2D eigenvalue weighted by Gasteiger charge is -2.06. The van der Waals surface area contributed by atoms with Gasteiger partial charge in [-0.3, -0.25) is 0 Å². The minimum atomic E-state index is 1.06. The molecule has 2 aromatic rings. The van der Waals surface area contributed by atoms with Gasteiger partial charge in [-0.1, -0.05) is 42.8 Å². The molecule has 2 heteroatoms. The Morgan fingerprint density at radius 1 is 0.842 bits per heavy atom. The summed E-state index contributed by atoms with van der Waals surface area (Å²) in [6.45, 7) is 1.06.